The summed E-state index contributed by atoms with van der Waals surface area (Å²) in [5.74, 6) is -0.809. The molecule has 20 heavy (non-hydrogen) atoms. The second-order valence-electron chi connectivity index (χ2n) is 5.33. The van der Waals surface area contributed by atoms with Crippen LogP contribution < -0.4 is 10.6 Å². The lowest BCUT2D eigenvalue weighted by molar-refractivity contribution is -0.380. The predicted octanol–water partition coefficient (Wildman–Crippen LogP) is 1.69. The lowest BCUT2D eigenvalue weighted by Gasteiger charge is -2.23. The summed E-state index contributed by atoms with van der Waals surface area (Å²) in [5.41, 5.74) is -0.391. The number of amides is 2. The number of carbonyl (C=O) groups is 2. The van der Waals surface area contributed by atoms with E-state index in [1.165, 1.54) is 12.1 Å². The Morgan fingerprint density at radius 2 is 1.95 bits per heavy atom. The van der Waals surface area contributed by atoms with E-state index in [9.17, 15) is 19.7 Å². The largest absolute Gasteiger partial charge is 0.350 e. The number of nitrogens with one attached hydrogen (secondary N) is 2. The van der Waals surface area contributed by atoms with E-state index in [2.05, 4.69) is 10.6 Å². The molecule has 8 heteroatoms. The monoisotopic (exact) mass is 299 g/mol. The molecule has 0 bridgehead atoms. The van der Waals surface area contributed by atoms with Gasteiger partial charge >= 0.3 is 5.00 Å². The van der Waals surface area contributed by atoms with Crippen LogP contribution in [0.2, 0.25) is 0 Å². The molecule has 1 aromatic rings. The van der Waals surface area contributed by atoms with Gasteiger partial charge in [0.15, 0.2) is 0 Å². The third kappa shape index (κ3) is 4.61. The van der Waals surface area contributed by atoms with Gasteiger partial charge in [0.2, 0.25) is 5.91 Å². The van der Waals surface area contributed by atoms with Gasteiger partial charge in [0, 0.05) is 11.6 Å². The molecule has 0 fully saturated rings. The van der Waals surface area contributed by atoms with Crippen molar-refractivity contribution in [2.75, 3.05) is 0 Å². The van der Waals surface area contributed by atoms with Crippen LogP contribution in [0.3, 0.4) is 0 Å². The van der Waals surface area contributed by atoms with Crippen molar-refractivity contribution in [1.29, 1.82) is 0 Å². The molecular weight excluding hydrogens is 282 g/mol. The fraction of sp³-hybridized carbons (Fsp3) is 0.500. The number of nitro groups is 1. The molecule has 0 aliphatic rings. The van der Waals surface area contributed by atoms with Crippen molar-refractivity contribution in [2.24, 2.45) is 0 Å². The van der Waals surface area contributed by atoms with Crippen LogP contribution in [0.5, 0.6) is 0 Å². The van der Waals surface area contributed by atoms with Crippen LogP contribution in [0.15, 0.2) is 12.1 Å². The number of nitrogens with zero attached hydrogens (tertiary/aromatic N) is 1. The smallest absolute Gasteiger partial charge is 0.324 e. The normalized spacial score (nSPS) is 12.6. The molecule has 1 rings (SSSR count). The minimum Gasteiger partial charge on any atom is -0.350 e. The van der Waals surface area contributed by atoms with E-state index in [1.807, 2.05) is 20.8 Å². The number of carbonyl (C=O) groups excluding carboxylic acids is 2. The molecule has 1 unspecified atom stereocenters. The van der Waals surface area contributed by atoms with E-state index in [4.69, 9.17) is 0 Å². The quantitative estimate of drug-likeness (QED) is 0.652. The standard InChI is InChI=1S/C12H17N3O4S/c1-7(10(16)14-12(2,3)4)13-11(17)8-5-6-9(20-8)15(18)19/h5-7H,1-4H3,(H,13,17)(H,14,16). The van der Waals surface area contributed by atoms with Gasteiger partial charge in [-0.15, -0.1) is 0 Å². The van der Waals surface area contributed by atoms with E-state index in [0.717, 1.165) is 11.3 Å². The Morgan fingerprint density at radius 3 is 2.40 bits per heavy atom. The van der Waals surface area contributed by atoms with E-state index >= 15 is 0 Å². The highest BCUT2D eigenvalue weighted by atomic mass is 32.1. The molecule has 1 heterocycles. The van der Waals surface area contributed by atoms with Gasteiger partial charge < -0.3 is 10.6 Å². The van der Waals surface area contributed by atoms with Crippen molar-refractivity contribution in [2.45, 2.75) is 39.3 Å². The molecule has 1 atom stereocenters. The van der Waals surface area contributed by atoms with Crippen molar-refractivity contribution in [1.82, 2.24) is 10.6 Å². The molecule has 110 valence electrons. The Kier molecular flexibility index (Phi) is 4.83. The summed E-state index contributed by atoms with van der Waals surface area (Å²) in [4.78, 5) is 33.9. The molecule has 0 aliphatic carbocycles. The van der Waals surface area contributed by atoms with Crippen LogP contribution in [0.25, 0.3) is 0 Å². The molecular formula is C12H17N3O4S. The lowest BCUT2D eigenvalue weighted by atomic mass is 10.1. The van der Waals surface area contributed by atoms with Crippen LogP contribution in [-0.2, 0) is 4.79 Å². The summed E-state index contributed by atoms with van der Waals surface area (Å²) >= 11 is 0.773. The summed E-state index contributed by atoms with van der Waals surface area (Å²) in [7, 11) is 0. The lowest BCUT2D eigenvalue weighted by Crippen LogP contribution is -2.50. The maximum atomic E-state index is 11.9. The minimum atomic E-state index is -0.720. The van der Waals surface area contributed by atoms with Gasteiger partial charge in [-0.25, -0.2) is 0 Å². The SMILES string of the molecule is CC(NC(=O)c1ccc([N+](=O)[O-])s1)C(=O)NC(C)(C)C. The average molecular weight is 299 g/mol. The summed E-state index contributed by atoms with van der Waals surface area (Å²) in [6.07, 6.45) is 0. The minimum absolute atomic E-state index is 0.109. The Labute approximate surface area is 120 Å². The van der Waals surface area contributed by atoms with Gasteiger partial charge in [0.05, 0.1) is 9.80 Å². The second kappa shape index (κ2) is 6.00. The first kappa shape index (κ1) is 16.1. The zero-order chi connectivity index (χ0) is 15.5. The summed E-state index contributed by atoms with van der Waals surface area (Å²) in [6.45, 7) is 7.06. The molecule has 0 aliphatic heterocycles. The average Bonchev–Trinajstić information content (AvgIpc) is 2.75. The van der Waals surface area contributed by atoms with Gasteiger partial charge in [-0.2, -0.15) is 0 Å². The molecule has 7 nitrogen and oxygen atoms in total. The molecule has 0 saturated carbocycles. The first-order valence-electron chi connectivity index (χ1n) is 5.97. The highest BCUT2D eigenvalue weighted by Gasteiger charge is 2.22. The van der Waals surface area contributed by atoms with E-state index in [0.29, 0.717) is 0 Å². The van der Waals surface area contributed by atoms with Gasteiger partial charge in [-0.1, -0.05) is 11.3 Å². The van der Waals surface area contributed by atoms with E-state index in [-0.39, 0.29) is 15.8 Å². The molecule has 0 aromatic carbocycles. The van der Waals surface area contributed by atoms with Crippen molar-refractivity contribution in [3.05, 3.63) is 27.1 Å². The van der Waals surface area contributed by atoms with Crippen LogP contribution in [0.1, 0.15) is 37.4 Å². The highest BCUT2D eigenvalue weighted by molar-refractivity contribution is 7.17. The topological polar surface area (TPSA) is 101 Å². The van der Waals surface area contributed by atoms with Crippen LogP contribution >= 0.6 is 11.3 Å². The first-order valence-corrected chi connectivity index (χ1v) is 6.79. The van der Waals surface area contributed by atoms with Crippen molar-refractivity contribution in [3.63, 3.8) is 0 Å². The molecule has 1 aromatic heterocycles. The first-order chi connectivity index (χ1) is 9.10. The maximum absolute atomic E-state index is 11.9. The summed E-state index contributed by atoms with van der Waals surface area (Å²) in [6, 6.07) is 1.91. The van der Waals surface area contributed by atoms with E-state index < -0.39 is 22.4 Å². The zero-order valence-electron chi connectivity index (χ0n) is 11.7. The second-order valence-corrected chi connectivity index (χ2v) is 6.39. The Morgan fingerprint density at radius 1 is 1.35 bits per heavy atom. The number of hydrogen-bond acceptors (Lipinski definition) is 5. The van der Waals surface area contributed by atoms with Crippen LogP contribution in [0, 0.1) is 10.1 Å². The van der Waals surface area contributed by atoms with Crippen molar-refractivity contribution in [3.8, 4) is 0 Å². The third-order valence-corrected chi connectivity index (χ3v) is 3.27. The van der Waals surface area contributed by atoms with Gasteiger partial charge in [0.25, 0.3) is 5.91 Å². The summed E-state index contributed by atoms with van der Waals surface area (Å²) < 4.78 is 0. The fourth-order valence-electron chi connectivity index (χ4n) is 1.36. The van der Waals surface area contributed by atoms with Crippen LogP contribution in [0.4, 0.5) is 5.00 Å². The van der Waals surface area contributed by atoms with Crippen molar-refractivity contribution < 1.29 is 14.5 Å². The molecule has 0 radical (unpaired) electrons. The Hall–Kier alpha value is -1.96. The zero-order valence-corrected chi connectivity index (χ0v) is 12.5. The Bertz CT molecular complexity index is 533. The van der Waals surface area contributed by atoms with Gasteiger partial charge in [0.1, 0.15) is 6.04 Å². The fourth-order valence-corrected chi connectivity index (χ4v) is 2.08. The van der Waals surface area contributed by atoms with Gasteiger partial charge in [-0.3, -0.25) is 19.7 Å². The highest BCUT2D eigenvalue weighted by Crippen LogP contribution is 2.23. The number of rotatable bonds is 4. The summed E-state index contributed by atoms with van der Waals surface area (Å²) in [5, 5.41) is 15.7. The maximum Gasteiger partial charge on any atom is 0.324 e. The van der Waals surface area contributed by atoms with Gasteiger partial charge in [-0.05, 0) is 33.8 Å². The van der Waals surface area contributed by atoms with Crippen molar-refractivity contribution >= 4 is 28.2 Å². The Balaban J connectivity index is 2.65. The molecule has 0 saturated heterocycles. The van der Waals surface area contributed by atoms with E-state index in [1.54, 1.807) is 6.92 Å². The molecule has 2 N–H and O–H groups in total. The predicted molar refractivity (Wildman–Crippen MR) is 75.8 cm³/mol. The molecule has 2 amide bonds. The third-order valence-electron chi connectivity index (χ3n) is 2.23. The number of thiophene rings is 1. The number of hydrogen-bond donors (Lipinski definition) is 2. The molecule has 0 spiro atoms. The van der Waals surface area contributed by atoms with Crippen LogP contribution in [-0.4, -0.2) is 28.3 Å².